The van der Waals surface area contributed by atoms with Crippen molar-refractivity contribution in [3.05, 3.63) is 32.8 Å². The maximum Gasteiger partial charge on any atom is 0.270 e. The standard InChI is InChI=1S/C10H11BrN2O3/c11-8-5-7(13(14)15)1-2-9(8)16-6-10(12)3-4-10/h1-2,5H,3-4,6,12H2. The van der Waals surface area contributed by atoms with Crippen LogP contribution < -0.4 is 10.5 Å². The molecule has 86 valence electrons. The topological polar surface area (TPSA) is 78.4 Å². The average Bonchev–Trinajstić information content (AvgIpc) is 2.95. The Hall–Kier alpha value is -1.14. The van der Waals surface area contributed by atoms with Crippen LogP contribution >= 0.6 is 15.9 Å². The predicted octanol–water partition coefficient (Wildman–Crippen LogP) is 2.23. The van der Waals surface area contributed by atoms with Gasteiger partial charge in [-0.1, -0.05) is 0 Å². The highest BCUT2D eigenvalue weighted by Crippen LogP contribution is 2.35. The number of ether oxygens (including phenoxy) is 1. The fourth-order valence-electron chi connectivity index (χ4n) is 1.25. The van der Waals surface area contributed by atoms with E-state index in [0.717, 1.165) is 12.8 Å². The number of nitro groups is 1. The smallest absolute Gasteiger partial charge is 0.270 e. The zero-order valence-corrected chi connectivity index (χ0v) is 10.1. The number of nitro benzene ring substituents is 1. The Morgan fingerprint density at radius 3 is 2.75 bits per heavy atom. The van der Waals surface area contributed by atoms with Crippen LogP contribution in [0.15, 0.2) is 22.7 Å². The van der Waals surface area contributed by atoms with Crippen molar-refractivity contribution in [3.63, 3.8) is 0 Å². The number of non-ortho nitro benzene ring substituents is 1. The van der Waals surface area contributed by atoms with E-state index in [1.54, 1.807) is 6.07 Å². The fraction of sp³-hybridized carbons (Fsp3) is 0.400. The Kier molecular flexibility index (Phi) is 2.86. The number of nitrogens with zero attached hydrogens (tertiary/aromatic N) is 1. The van der Waals surface area contributed by atoms with E-state index in [4.69, 9.17) is 10.5 Å². The minimum atomic E-state index is -0.445. The van der Waals surface area contributed by atoms with Crippen molar-refractivity contribution in [1.82, 2.24) is 0 Å². The summed E-state index contributed by atoms with van der Waals surface area (Å²) in [5, 5.41) is 10.5. The van der Waals surface area contributed by atoms with Crippen LogP contribution in [-0.2, 0) is 0 Å². The zero-order chi connectivity index (χ0) is 11.8. The highest BCUT2D eigenvalue weighted by molar-refractivity contribution is 9.10. The Morgan fingerprint density at radius 1 is 1.56 bits per heavy atom. The van der Waals surface area contributed by atoms with Crippen LogP contribution in [0.4, 0.5) is 5.69 Å². The lowest BCUT2D eigenvalue weighted by Gasteiger charge is -2.12. The first-order valence-corrected chi connectivity index (χ1v) is 5.65. The second-order valence-electron chi connectivity index (χ2n) is 4.02. The van der Waals surface area contributed by atoms with Gasteiger partial charge in [-0.2, -0.15) is 0 Å². The molecule has 0 heterocycles. The zero-order valence-electron chi connectivity index (χ0n) is 8.48. The lowest BCUT2D eigenvalue weighted by molar-refractivity contribution is -0.385. The summed E-state index contributed by atoms with van der Waals surface area (Å²) in [5.41, 5.74) is 5.72. The van der Waals surface area contributed by atoms with Gasteiger partial charge in [0.25, 0.3) is 5.69 Å². The Morgan fingerprint density at radius 2 is 2.25 bits per heavy atom. The fourth-order valence-corrected chi connectivity index (χ4v) is 1.73. The molecule has 1 aliphatic rings. The average molecular weight is 287 g/mol. The largest absolute Gasteiger partial charge is 0.490 e. The van der Waals surface area contributed by atoms with Gasteiger partial charge in [-0.15, -0.1) is 0 Å². The van der Waals surface area contributed by atoms with Crippen molar-refractivity contribution in [2.45, 2.75) is 18.4 Å². The molecule has 0 unspecified atom stereocenters. The summed E-state index contributed by atoms with van der Waals surface area (Å²) in [4.78, 5) is 10.1. The van der Waals surface area contributed by atoms with E-state index >= 15 is 0 Å². The first-order valence-electron chi connectivity index (χ1n) is 4.86. The van der Waals surface area contributed by atoms with Crippen LogP contribution in [-0.4, -0.2) is 17.1 Å². The molecule has 2 rings (SSSR count). The van der Waals surface area contributed by atoms with Crippen molar-refractivity contribution >= 4 is 21.6 Å². The number of benzene rings is 1. The van der Waals surface area contributed by atoms with Crippen LogP contribution in [0.2, 0.25) is 0 Å². The third kappa shape index (κ3) is 2.51. The Bertz CT molecular complexity index is 432. The van der Waals surface area contributed by atoms with Crippen LogP contribution in [0.25, 0.3) is 0 Å². The maximum atomic E-state index is 10.5. The monoisotopic (exact) mass is 286 g/mol. The quantitative estimate of drug-likeness (QED) is 0.680. The van der Waals surface area contributed by atoms with Gasteiger partial charge in [0.1, 0.15) is 12.4 Å². The molecule has 16 heavy (non-hydrogen) atoms. The molecule has 0 radical (unpaired) electrons. The Balaban J connectivity index is 2.07. The van der Waals surface area contributed by atoms with E-state index in [1.807, 2.05) is 0 Å². The van der Waals surface area contributed by atoms with Crippen LogP contribution in [0, 0.1) is 10.1 Å². The number of halogens is 1. The highest BCUT2D eigenvalue weighted by atomic mass is 79.9. The van der Waals surface area contributed by atoms with Gasteiger partial charge >= 0.3 is 0 Å². The molecule has 1 aromatic rings. The van der Waals surface area contributed by atoms with Crippen LogP contribution in [0.5, 0.6) is 5.75 Å². The van der Waals surface area contributed by atoms with Crippen LogP contribution in [0.1, 0.15) is 12.8 Å². The van der Waals surface area contributed by atoms with Crippen molar-refractivity contribution in [2.75, 3.05) is 6.61 Å². The van der Waals surface area contributed by atoms with E-state index in [9.17, 15) is 10.1 Å². The number of hydrogen-bond donors (Lipinski definition) is 1. The SMILES string of the molecule is NC1(COc2ccc([N+](=O)[O-])cc2Br)CC1. The van der Waals surface area contributed by atoms with Gasteiger partial charge in [-0.25, -0.2) is 0 Å². The maximum absolute atomic E-state index is 10.5. The molecular formula is C10H11BrN2O3. The van der Waals surface area contributed by atoms with E-state index < -0.39 is 4.92 Å². The third-order valence-electron chi connectivity index (χ3n) is 2.53. The second kappa shape index (κ2) is 4.03. The van der Waals surface area contributed by atoms with Crippen molar-refractivity contribution in [2.24, 2.45) is 5.73 Å². The minimum Gasteiger partial charge on any atom is -0.490 e. The summed E-state index contributed by atoms with van der Waals surface area (Å²) in [6.45, 7) is 0.448. The summed E-state index contributed by atoms with van der Waals surface area (Å²) in [6.07, 6.45) is 1.94. The van der Waals surface area contributed by atoms with Gasteiger partial charge in [-0.05, 0) is 34.8 Å². The normalized spacial score (nSPS) is 16.9. The number of rotatable bonds is 4. The number of nitrogens with two attached hydrogens (primary N) is 1. The summed E-state index contributed by atoms with van der Waals surface area (Å²) in [5.74, 6) is 0.585. The summed E-state index contributed by atoms with van der Waals surface area (Å²) in [6, 6.07) is 4.41. The lowest BCUT2D eigenvalue weighted by Crippen LogP contribution is -2.29. The molecule has 0 amide bonds. The van der Waals surface area contributed by atoms with Gasteiger partial charge in [0.2, 0.25) is 0 Å². The molecule has 1 fully saturated rings. The molecule has 0 spiro atoms. The van der Waals surface area contributed by atoms with E-state index in [0.29, 0.717) is 16.8 Å². The number of hydrogen-bond acceptors (Lipinski definition) is 4. The molecule has 1 aromatic carbocycles. The molecule has 0 aliphatic heterocycles. The van der Waals surface area contributed by atoms with E-state index in [1.165, 1.54) is 12.1 Å². The van der Waals surface area contributed by atoms with Gasteiger partial charge < -0.3 is 10.5 Å². The molecule has 1 saturated carbocycles. The summed E-state index contributed by atoms with van der Waals surface area (Å²) in [7, 11) is 0. The molecule has 1 aliphatic carbocycles. The molecule has 0 bridgehead atoms. The second-order valence-corrected chi connectivity index (χ2v) is 4.88. The Labute approximate surface area is 101 Å². The molecule has 2 N–H and O–H groups in total. The molecule has 5 nitrogen and oxygen atoms in total. The molecule has 0 aromatic heterocycles. The summed E-state index contributed by atoms with van der Waals surface area (Å²) < 4.78 is 6.08. The first kappa shape index (κ1) is 11.3. The van der Waals surface area contributed by atoms with Gasteiger partial charge in [0.15, 0.2) is 0 Å². The first-order chi connectivity index (χ1) is 7.50. The third-order valence-corrected chi connectivity index (χ3v) is 3.15. The molecule has 0 saturated heterocycles. The van der Waals surface area contributed by atoms with E-state index in [-0.39, 0.29) is 11.2 Å². The summed E-state index contributed by atoms with van der Waals surface area (Å²) >= 11 is 3.23. The highest BCUT2D eigenvalue weighted by Gasteiger charge is 2.39. The van der Waals surface area contributed by atoms with E-state index in [2.05, 4.69) is 15.9 Å². The minimum absolute atomic E-state index is 0.0353. The predicted molar refractivity (Wildman–Crippen MR) is 62.4 cm³/mol. The van der Waals surface area contributed by atoms with Crippen molar-refractivity contribution in [3.8, 4) is 5.75 Å². The molecule has 6 heteroatoms. The van der Waals surface area contributed by atoms with Crippen molar-refractivity contribution < 1.29 is 9.66 Å². The molecular weight excluding hydrogens is 276 g/mol. The van der Waals surface area contributed by atoms with Gasteiger partial charge in [-0.3, -0.25) is 10.1 Å². The van der Waals surface area contributed by atoms with Crippen molar-refractivity contribution in [1.29, 1.82) is 0 Å². The van der Waals surface area contributed by atoms with Gasteiger partial charge in [0, 0.05) is 12.1 Å². The molecule has 0 atom stereocenters. The van der Waals surface area contributed by atoms with Gasteiger partial charge in [0.05, 0.1) is 14.9 Å². The van der Waals surface area contributed by atoms with Crippen LogP contribution in [0.3, 0.4) is 0 Å². The lowest BCUT2D eigenvalue weighted by atomic mass is 10.3.